The van der Waals surface area contributed by atoms with Crippen molar-refractivity contribution < 1.29 is 38.2 Å². The number of amides is 4. The van der Waals surface area contributed by atoms with E-state index in [0.29, 0.717) is 41.7 Å². The number of hydrogen-bond donors (Lipinski definition) is 4. The van der Waals surface area contributed by atoms with Gasteiger partial charge in [-0.05, 0) is 130 Å². The van der Waals surface area contributed by atoms with Crippen molar-refractivity contribution in [2.24, 2.45) is 20.5 Å². The van der Waals surface area contributed by atoms with Crippen LogP contribution in [-0.4, -0.2) is 66.4 Å². The molecule has 4 amide bonds. The van der Waals surface area contributed by atoms with Gasteiger partial charge in [-0.3, -0.25) is 28.8 Å². The quantitative estimate of drug-likeness (QED) is 0.0296. The summed E-state index contributed by atoms with van der Waals surface area (Å²) in [6.07, 6.45) is 0.204. The molecule has 2 atom stereocenters. The van der Waals surface area contributed by atoms with Crippen LogP contribution in [-0.2, 0) is 37.4 Å². The Morgan fingerprint density at radius 2 is 1.00 bits per heavy atom. The average molecular weight is 1040 g/mol. The van der Waals surface area contributed by atoms with Gasteiger partial charge in [0, 0.05) is 50.2 Å². The molecule has 0 saturated heterocycles. The summed E-state index contributed by atoms with van der Waals surface area (Å²) in [5.41, 5.74) is 3.71. The molecule has 2 unspecified atom stereocenters. The average Bonchev–Trinajstić information content (AvgIpc) is 3.30. The highest BCUT2D eigenvalue weighted by molar-refractivity contribution is 6.32. The molecule has 0 aliphatic carbocycles. The number of ketones is 2. The molecule has 0 radical (unpaired) electrons. The van der Waals surface area contributed by atoms with E-state index in [0.717, 1.165) is 25.0 Å². The highest BCUT2D eigenvalue weighted by Crippen LogP contribution is 2.31. The van der Waals surface area contributed by atoms with E-state index in [1.807, 2.05) is 0 Å². The van der Waals surface area contributed by atoms with E-state index in [1.54, 1.807) is 50.2 Å². The van der Waals surface area contributed by atoms with Gasteiger partial charge in [-0.25, -0.2) is 0 Å². The summed E-state index contributed by atoms with van der Waals surface area (Å²) >= 11 is 30.7. The van der Waals surface area contributed by atoms with Crippen molar-refractivity contribution in [2.75, 3.05) is 40.4 Å². The molecular weight excluding hydrogens is 994 g/mol. The fourth-order valence-corrected chi connectivity index (χ4v) is 7.37. The molecular formula is C48H45Cl5N8O8. The summed E-state index contributed by atoms with van der Waals surface area (Å²) < 4.78 is 11.3. The van der Waals surface area contributed by atoms with Gasteiger partial charge in [-0.2, -0.15) is 20.5 Å². The highest BCUT2D eigenvalue weighted by Gasteiger charge is 2.26. The number of carbonyl (C=O) groups is 6. The zero-order valence-corrected chi connectivity index (χ0v) is 41.3. The number of hydrogen-bond acceptors (Lipinski definition) is 12. The Balaban J connectivity index is 1.28. The minimum Gasteiger partial charge on any atom is -0.492 e. The second-order valence-electron chi connectivity index (χ2n) is 14.8. The van der Waals surface area contributed by atoms with Crippen LogP contribution >= 0.6 is 58.0 Å². The van der Waals surface area contributed by atoms with Crippen molar-refractivity contribution in [1.82, 2.24) is 0 Å². The molecule has 0 aliphatic rings. The summed E-state index contributed by atoms with van der Waals surface area (Å²) in [4.78, 5) is 79.0. The lowest BCUT2D eigenvalue weighted by Gasteiger charge is -2.15. The molecule has 4 N–H and O–H groups in total. The smallest absolute Gasteiger partial charge is 0.258 e. The molecule has 0 heterocycles. The van der Waals surface area contributed by atoms with Crippen LogP contribution in [0.4, 0.5) is 34.1 Å². The zero-order valence-electron chi connectivity index (χ0n) is 37.5. The number of rotatable bonds is 22. The van der Waals surface area contributed by atoms with Gasteiger partial charge in [0.2, 0.25) is 12.1 Å². The predicted molar refractivity (Wildman–Crippen MR) is 269 cm³/mol. The molecule has 5 aromatic carbocycles. The number of carbonyl (C=O) groups excluding carboxylic acids is 6. The third-order valence-corrected chi connectivity index (χ3v) is 10.9. The molecule has 360 valence electrons. The molecule has 5 aromatic rings. The second-order valence-corrected chi connectivity index (χ2v) is 16.6. The first-order valence-electron chi connectivity index (χ1n) is 21.1. The van der Waals surface area contributed by atoms with E-state index in [9.17, 15) is 28.8 Å². The van der Waals surface area contributed by atoms with E-state index in [1.165, 1.54) is 54.6 Å². The number of halogens is 5. The molecule has 0 bridgehead atoms. The van der Waals surface area contributed by atoms with Crippen LogP contribution in [0, 0.1) is 0 Å². The molecule has 5 rings (SSSR count). The first-order chi connectivity index (χ1) is 33.0. The van der Waals surface area contributed by atoms with Gasteiger partial charge in [0.1, 0.15) is 11.5 Å². The van der Waals surface area contributed by atoms with E-state index < -0.39 is 47.3 Å². The third-order valence-electron chi connectivity index (χ3n) is 9.62. The number of ether oxygens (including phenoxy) is 2. The van der Waals surface area contributed by atoms with Crippen LogP contribution in [0.5, 0.6) is 11.5 Å². The van der Waals surface area contributed by atoms with Gasteiger partial charge in [0.25, 0.3) is 23.6 Å². The molecule has 0 saturated carbocycles. The van der Waals surface area contributed by atoms with Crippen molar-refractivity contribution in [3.63, 3.8) is 0 Å². The van der Waals surface area contributed by atoms with Gasteiger partial charge in [0.05, 0.1) is 36.0 Å². The minimum atomic E-state index is -1.62. The maximum atomic E-state index is 13.5. The van der Waals surface area contributed by atoms with E-state index >= 15 is 0 Å². The van der Waals surface area contributed by atoms with Crippen molar-refractivity contribution in [1.29, 1.82) is 0 Å². The lowest BCUT2D eigenvalue weighted by molar-refractivity contribution is -0.127. The molecule has 21 heteroatoms. The summed E-state index contributed by atoms with van der Waals surface area (Å²) in [7, 11) is 0. The lowest BCUT2D eigenvalue weighted by Crippen LogP contribution is -2.32. The SMILES string of the molecule is CCOc1cc(CCl)ccc1NC(=O)c1cc(Cl)cc(N=NC(C(C)=O)C(=O)Nc2ccc(NC(=O)C(N=Nc3cc(Cl)cc(C(=O)Nc4ccc(CCl)cc4OCC)c3)C(C)=O)c(CCCl)c2)c1. The number of azo groups is 2. The fourth-order valence-electron chi connectivity index (χ4n) is 6.37. The number of Topliss-reactive ketones (excluding diaryl/α,β-unsaturated/α-hetero) is 2. The van der Waals surface area contributed by atoms with E-state index in [2.05, 4.69) is 41.7 Å². The van der Waals surface area contributed by atoms with Crippen molar-refractivity contribution in [3.8, 4) is 11.5 Å². The maximum absolute atomic E-state index is 13.5. The number of aryl methyl sites for hydroxylation is 1. The summed E-state index contributed by atoms with van der Waals surface area (Å²) in [6.45, 7) is 6.63. The van der Waals surface area contributed by atoms with Crippen LogP contribution in [0.3, 0.4) is 0 Å². The van der Waals surface area contributed by atoms with Gasteiger partial charge >= 0.3 is 0 Å². The van der Waals surface area contributed by atoms with Crippen LogP contribution in [0.1, 0.15) is 65.1 Å². The molecule has 0 fully saturated rings. The predicted octanol–water partition coefficient (Wildman–Crippen LogP) is 11.9. The third kappa shape index (κ3) is 15.3. The van der Waals surface area contributed by atoms with Gasteiger partial charge in [-0.1, -0.05) is 35.3 Å². The summed E-state index contributed by atoms with van der Waals surface area (Å²) in [6, 6.07) is 19.9. The lowest BCUT2D eigenvalue weighted by atomic mass is 10.1. The second kappa shape index (κ2) is 25.8. The first kappa shape index (κ1) is 53.5. The Bertz CT molecular complexity index is 2810. The van der Waals surface area contributed by atoms with E-state index in [-0.39, 0.29) is 68.0 Å². The number of anilines is 4. The molecule has 0 aliphatic heterocycles. The van der Waals surface area contributed by atoms with Crippen molar-refractivity contribution in [2.45, 2.75) is 58.0 Å². The Hall–Kier alpha value is -6.43. The Morgan fingerprint density at radius 1 is 0.551 bits per heavy atom. The Morgan fingerprint density at radius 3 is 1.42 bits per heavy atom. The normalized spacial score (nSPS) is 12.0. The standard InChI is InChI=1S/C48H45Cl5N8O8/c1-5-68-41-15-28(24-50)7-10-39(41)56-45(64)31-17-33(52)22-36(20-31)58-60-43(26(3)62)47(66)54-35-9-12-38(30(19-35)13-14-49)55-48(67)44(27(4)63)61-59-37-21-32(18-34(53)23-37)46(65)57-40-11-8-29(25-51)16-42(40)69-6-2/h7-12,15-23,43-44H,5-6,13-14,24-25H2,1-4H3,(H,54,66)(H,55,67)(H,56,64)(H,57,65). The topological polar surface area (TPSA) is 218 Å². The van der Waals surface area contributed by atoms with Crippen molar-refractivity contribution >= 4 is 127 Å². The number of alkyl halides is 3. The van der Waals surface area contributed by atoms with Crippen LogP contribution < -0.4 is 30.7 Å². The molecule has 0 aromatic heterocycles. The van der Waals surface area contributed by atoms with Gasteiger partial charge in [0.15, 0.2) is 11.6 Å². The monoisotopic (exact) mass is 1040 g/mol. The van der Waals surface area contributed by atoms with Gasteiger partial charge in [-0.15, -0.1) is 34.8 Å². The summed E-state index contributed by atoms with van der Waals surface area (Å²) in [5, 5.41) is 27.3. The number of benzene rings is 5. The first-order valence-corrected chi connectivity index (χ1v) is 23.4. The van der Waals surface area contributed by atoms with E-state index in [4.69, 9.17) is 67.5 Å². The molecule has 0 spiro atoms. The minimum absolute atomic E-state index is 0.0860. The Kier molecular flexibility index (Phi) is 20.0. The highest BCUT2D eigenvalue weighted by atomic mass is 35.5. The van der Waals surface area contributed by atoms with Crippen molar-refractivity contribution in [3.05, 3.63) is 129 Å². The van der Waals surface area contributed by atoms with Crippen LogP contribution in [0.2, 0.25) is 10.0 Å². The Labute approximate surface area is 422 Å². The van der Waals surface area contributed by atoms with Crippen LogP contribution in [0.25, 0.3) is 0 Å². The zero-order chi connectivity index (χ0) is 50.2. The largest absolute Gasteiger partial charge is 0.492 e. The summed E-state index contributed by atoms with van der Waals surface area (Å²) in [5.74, 6) is -2.58. The number of nitrogens with one attached hydrogen (secondary N) is 4. The maximum Gasteiger partial charge on any atom is 0.258 e. The molecule has 69 heavy (non-hydrogen) atoms. The fraction of sp³-hybridized carbons (Fsp3) is 0.250. The number of nitrogens with zero attached hydrogens (tertiary/aromatic N) is 4. The molecule has 16 nitrogen and oxygen atoms in total. The van der Waals surface area contributed by atoms with Gasteiger partial charge < -0.3 is 30.7 Å². The van der Waals surface area contributed by atoms with Crippen LogP contribution in [0.15, 0.2) is 111 Å².